The standard InChI is InChI=1S/C22H27ClN4O2/c1-2-27-20(7-10-24-27)16-8-11-26(12-9-16)22(29)21(28)25-19-13-17(14-19)15-3-5-18(23)6-4-15/h3-7,10,16-17,19H,2,8-9,11-14H2,1H3,(H,25,28). The summed E-state index contributed by atoms with van der Waals surface area (Å²) < 4.78 is 2.02. The van der Waals surface area contributed by atoms with E-state index in [1.54, 1.807) is 4.90 Å². The minimum Gasteiger partial charge on any atom is -0.345 e. The summed E-state index contributed by atoms with van der Waals surface area (Å²) in [7, 11) is 0. The van der Waals surface area contributed by atoms with Gasteiger partial charge in [-0.2, -0.15) is 5.10 Å². The van der Waals surface area contributed by atoms with Gasteiger partial charge in [0.25, 0.3) is 0 Å². The molecule has 29 heavy (non-hydrogen) atoms. The van der Waals surface area contributed by atoms with E-state index in [1.807, 2.05) is 35.1 Å². The van der Waals surface area contributed by atoms with Crippen molar-refractivity contribution in [3.63, 3.8) is 0 Å². The SMILES string of the molecule is CCn1nccc1C1CCN(C(=O)C(=O)NC2CC(c3ccc(Cl)cc3)C2)CC1. The summed E-state index contributed by atoms with van der Waals surface area (Å²) in [5.41, 5.74) is 2.46. The predicted octanol–water partition coefficient (Wildman–Crippen LogP) is 3.32. The lowest BCUT2D eigenvalue weighted by atomic mass is 9.76. The topological polar surface area (TPSA) is 67.2 Å². The monoisotopic (exact) mass is 414 g/mol. The second-order valence-corrected chi connectivity index (χ2v) is 8.47. The fourth-order valence-corrected chi connectivity index (χ4v) is 4.59. The van der Waals surface area contributed by atoms with Crippen molar-refractivity contribution in [2.24, 2.45) is 0 Å². The first-order valence-electron chi connectivity index (χ1n) is 10.4. The van der Waals surface area contributed by atoms with Gasteiger partial charge in [-0.3, -0.25) is 14.3 Å². The number of carbonyl (C=O) groups excluding carboxylic acids is 2. The van der Waals surface area contributed by atoms with Crippen molar-refractivity contribution in [1.82, 2.24) is 20.0 Å². The van der Waals surface area contributed by atoms with Crippen LogP contribution >= 0.6 is 11.6 Å². The molecule has 154 valence electrons. The average molecular weight is 415 g/mol. The van der Waals surface area contributed by atoms with E-state index in [2.05, 4.69) is 23.4 Å². The molecule has 6 nitrogen and oxygen atoms in total. The molecule has 0 bridgehead atoms. The Morgan fingerprint density at radius 2 is 1.79 bits per heavy atom. The molecule has 4 rings (SSSR count). The normalized spacial score (nSPS) is 22.2. The Kier molecular flexibility index (Phi) is 5.90. The fraction of sp³-hybridized carbons (Fsp3) is 0.500. The number of piperidine rings is 1. The molecule has 1 aliphatic carbocycles. The number of aryl methyl sites for hydroxylation is 1. The highest BCUT2D eigenvalue weighted by Gasteiger charge is 2.34. The van der Waals surface area contributed by atoms with Crippen LogP contribution in [0.25, 0.3) is 0 Å². The maximum Gasteiger partial charge on any atom is 0.311 e. The molecule has 2 aliphatic rings. The van der Waals surface area contributed by atoms with Gasteiger partial charge in [0.2, 0.25) is 0 Å². The van der Waals surface area contributed by atoms with Crippen LogP contribution in [0.3, 0.4) is 0 Å². The van der Waals surface area contributed by atoms with Gasteiger partial charge in [-0.25, -0.2) is 0 Å². The van der Waals surface area contributed by atoms with Crippen molar-refractivity contribution in [2.75, 3.05) is 13.1 Å². The molecule has 1 saturated heterocycles. The van der Waals surface area contributed by atoms with Crippen LogP contribution in [0.15, 0.2) is 36.5 Å². The van der Waals surface area contributed by atoms with E-state index in [-0.39, 0.29) is 6.04 Å². The summed E-state index contributed by atoms with van der Waals surface area (Å²) >= 11 is 5.93. The zero-order valence-electron chi connectivity index (χ0n) is 16.7. The molecule has 7 heteroatoms. The average Bonchev–Trinajstić information content (AvgIpc) is 3.19. The Labute approximate surface area is 176 Å². The van der Waals surface area contributed by atoms with Crippen LogP contribution in [0.1, 0.15) is 55.7 Å². The summed E-state index contributed by atoms with van der Waals surface area (Å²) in [4.78, 5) is 26.7. The summed E-state index contributed by atoms with van der Waals surface area (Å²) in [6.45, 7) is 4.16. The van der Waals surface area contributed by atoms with Gasteiger partial charge >= 0.3 is 11.8 Å². The van der Waals surface area contributed by atoms with E-state index < -0.39 is 11.8 Å². The van der Waals surface area contributed by atoms with E-state index in [4.69, 9.17) is 11.6 Å². The lowest BCUT2D eigenvalue weighted by molar-refractivity contribution is -0.147. The molecular formula is C22H27ClN4O2. The lowest BCUT2D eigenvalue weighted by Gasteiger charge is -2.37. The minimum absolute atomic E-state index is 0.0728. The second kappa shape index (κ2) is 8.57. The van der Waals surface area contributed by atoms with Crippen LogP contribution in [0.4, 0.5) is 0 Å². The molecule has 0 unspecified atom stereocenters. The predicted molar refractivity (Wildman–Crippen MR) is 112 cm³/mol. The molecule has 2 aromatic rings. The number of aromatic nitrogens is 2. The molecule has 2 heterocycles. The van der Waals surface area contributed by atoms with Gasteiger partial charge in [-0.1, -0.05) is 23.7 Å². The Balaban J connectivity index is 1.23. The molecule has 2 fully saturated rings. The molecule has 0 spiro atoms. The third-order valence-electron chi connectivity index (χ3n) is 6.26. The quantitative estimate of drug-likeness (QED) is 0.780. The van der Waals surface area contributed by atoms with Gasteiger partial charge in [0.15, 0.2) is 0 Å². The molecule has 1 aromatic carbocycles. The van der Waals surface area contributed by atoms with Crippen LogP contribution in [0.5, 0.6) is 0 Å². The number of halogens is 1. The van der Waals surface area contributed by atoms with Crippen molar-refractivity contribution >= 4 is 23.4 Å². The number of nitrogens with one attached hydrogen (secondary N) is 1. The number of hydrogen-bond acceptors (Lipinski definition) is 3. The molecular weight excluding hydrogens is 388 g/mol. The summed E-state index contributed by atoms with van der Waals surface area (Å²) in [5.74, 6) is -0.0489. The van der Waals surface area contributed by atoms with E-state index in [0.29, 0.717) is 24.9 Å². The highest BCUT2D eigenvalue weighted by atomic mass is 35.5. The number of amides is 2. The van der Waals surface area contributed by atoms with Crippen molar-refractivity contribution in [3.05, 3.63) is 52.8 Å². The van der Waals surface area contributed by atoms with Gasteiger partial charge in [-0.05, 0) is 62.3 Å². The van der Waals surface area contributed by atoms with Crippen LogP contribution in [0.2, 0.25) is 5.02 Å². The maximum absolute atomic E-state index is 12.6. The van der Waals surface area contributed by atoms with Crippen molar-refractivity contribution in [2.45, 2.75) is 57.0 Å². The minimum atomic E-state index is -0.471. The number of carbonyl (C=O) groups is 2. The maximum atomic E-state index is 12.6. The van der Waals surface area contributed by atoms with E-state index >= 15 is 0 Å². The summed E-state index contributed by atoms with van der Waals surface area (Å²) in [6, 6.07) is 9.98. The summed E-state index contributed by atoms with van der Waals surface area (Å²) in [5, 5.41) is 7.98. The smallest absolute Gasteiger partial charge is 0.311 e. The van der Waals surface area contributed by atoms with Gasteiger partial charge in [0, 0.05) is 48.5 Å². The number of nitrogens with zero attached hydrogens (tertiary/aromatic N) is 3. The lowest BCUT2D eigenvalue weighted by Crippen LogP contribution is -2.51. The Bertz CT molecular complexity index is 865. The first-order valence-corrected chi connectivity index (χ1v) is 10.8. The van der Waals surface area contributed by atoms with E-state index in [9.17, 15) is 9.59 Å². The van der Waals surface area contributed by atoms with E-state index in [0.717, 1.165) is 37.3 Å². The fourth-order valence-electron chi connectivity index (χ4n) is 4.47. The Morgan fingerprint density at radius 1 is 1.10 bits per heavy atom. The zero-order valence-corrected chi connectivity index (χ0v) is 17.4. The number of likely N-dealkylation sites (tertiary alicyclic amines) is 1. The number of rotatable bonds is 4. The Morgan fingerprint density at radius 3 is 2.45 bits per heavy atom. The number of hydrogen-bond donors (Lipinski definition) is 1. The largest absolute Gasteiger partial charge is 0.345 e. The zero-order chi connectivity index (χ0) is 20.4. The molecule has 1 N–H and O–H groups in total. The summed E-state index contributed by atoms with van der Waals surface area (Å²) in [6.07, 6.45) is 5.30. The highest BCUT2D eigenvalue weighted by molar-refractivity contribution is 6.35. The van der Waals surface area contributed by atoms with Crippen LogP contribution in [0, 0.1) is 0 Å². The van der Waals surface area contributed by atoms with Gasteiger partial charge in [0.1, 0.15) is 0 Å². The van der Waals surface area contributed by atoms with E-state index in [1.165, 1.54) is 11.3 Å². The van der Waals surface area contributed by atoms with Gasteiger partial charge in [-0.15, -0.1) is 0 Å². The molecule has 2 amide bonds. The Hall–Kier alpha value is -2.34. The molecule has 1 aromatic heterocycles. The first-order chi connectivity index (χ1) is 14.0. The third-order valence-corrected chi connectivity index (χ3v) is 6.51. The van der Waals surface area contributed by atoms with Gasteiger partial charge in [0.05, 0.1) is 0 Å². The van der Waals surface area contributed by atoms with Crippen LogP contribution in [-0.2, 0) is 16.1 Å². The molecule has 1 aliphatic heterocycles. The van der Waals surface area contributed by atoms with Crippen molar-refractivity contribution in [1.29, 1.82) is 0 Å². The van der Waals surface area contributed by atoms with Crippen molar-refractivity contribution in [3.8, 4) is 0 Å². The number of benzene rings is 1. The molecule has 0 atom stereocenters. The van der Waals surface area contributed by atoms with Gasteiger partial charge < -0.3 is 10.2 Å². The van der Waals surface area contributed by atoms with Crippen molar-refractivity contribution < 1.29 is 9.59 Å². The third kappa shape index (κ3) is 4.32. The molecule has 0 radical (unpaired) electrons. The molecule has 1 saturated carbocycles. The first kappa shape index (κ1) is 20.0. The van der Waals surface area contributed by atoms with Crippen LogP contribution in [-0.4, -0.2) is 45.6 Å². The highest BCUT2D eigenvalue weighted by Crippen LogP contribution is 2.37. The second-order valence-electron chi connectivity index (χ2n) is 8.03. The van der Waals surface area contributed by atoms with Crippen LogP contribution < -0.4 is 5.32 Å².